The average molecular weight is 453 g/mol. The van der Waals surface area contributed by atoms with Crippen LogP contribution in [0.4, 0.5) is 10.1 Å². The molecule has 0 saturated heterocycles. The minimum Gasteiger partial charge on any atom is -0.480 e. The summed E-state index contributed by atoms with van der Waals surface area (Å²) >= 11 is 6.13. The maximum atomic E-state index is 13.3. The number of halogens is 2. The number of carbonyl (C=O) groups excluding carboxylic acids is 2. The van der Waals surface area contributed by atoms with Gasteiger partial charge in [0.25, 0.3) is 11.8 Å². The van der Waals surface area contributed by atoms with Crippen LogP contribution in [0.3, 0.4) is 0 Å². The van der Waals surface area contributed by atoms with Crippen LogP contribution >= 0.6 is 11.6 Å². The molecule has 0 aromatic heterocycles. The first-order valence-corrected chi connectivity index (χ1v) is 10.7. The summed E-state index contributed by atoms with van der Waals surface area (Å²) in [7, 11) is 0. The van der Waals surface area contributed by atoms with Gasteiger partial charge < -0.3 is 15.0 Å². The van der Waals surface area contributed by atoms with Crippen LogP contribution in [0.2, 0.25) is 5.02 Å². The predicted molar refractivity (Wildman–Crippen MR) is 121 cm³/mol. The van der Waals surface area contributed by atoms with Gasteiger partial charge in [-0.3, -0.25) is 9.59 Å². The van der Waals surface area contributed by atoms with E-state index in [0.29, 0.717) is 41.5 Å². The van der Waals surface area contributed by atoms with Gasteiger partial charge in [0.05, 0.1) is 10.6 Å². The number of anilines is 1. The maximum Gasteiger partial charge on any atom is 0.264 e. The summed E-state index contributed by atoms with van der Waals surface area (Å²) in [4.78, 5) is 27.4. The Morgan fingerprint density at radius 1 is 1.16 bits per heavy atom. The molecule has 0 radical (unpaired) electrons. The predicted octanol–water partition coefficient (Wildman–Crippen LogP) is 5.43. The van der Waals surface area contributed by atoms with Gasteiger partial charge in [0.2, 0.25) is 0 Å². The smallest absolute Gasteiger partial charge is 0.264 e. The number of carbonyl (C=O) groups is 2. The highest BCUT2D eigenvalue weighted by molar-refractivity contribution is 6.34. The molecule has 5 nitrogen and oxygen atoms in total. The lowest BCUT2D eigenvalue weighted by Crippen LogP contribution is -2.38. The molecule has 0 spiro atoms. The van der Waals surface area contributed by atoms with Crippen molar-refractivity contribution in [3.8, 4) is 5.75 Å². The van der Waals surface area contributed by atoms with Crippen molar-refractivity contribution in [1.29, 1.82) is 0 Å². The van der Waals surface area contributed by atoms with Crippen molar-refractivity contribution in [3.05, 3.63) is 94.3 Å². The minimum absolute atomic E-state index is 0.130. The second-order valence-electron chi connectivity index (χ2n) is 7.59. The van der Waals surface area contributed by atoms with Crippen LogP contribution in [-0.4, -0.2) is 22.8 Å². The third-order valence-corrected chi connectivity index (χ3v) is 5.64. The number of nitrogens with zero attached hydrogens (tertiary/aromatic N) is 1. The molecule has 4 rings (SSSR count). The van der Waals surface area contributed by atoms with E-state index in [1.54, 1.807) is 59.5 Å². The van der Waals surface area contributed by atoms with Gasteiger partial charge in [-0.25, -0.2) is 4.39 Å². The molecule has 1 N–H and O–H groups in total. The van der Waals surface area contributed by atoms with Crippen LogP contribution in [0.15, 0.2) is 66.7 Å². The molecule has 1 aliphatic heterocycles. The van der Waals surface area contributed by atoms with Gasteiger partial charge >= 0.3 is 0 Å². The fourth-order valence-electron chi connectivity index (χ4n) is 3.63. The molecule has 164 valence electrons. The van der Waals surface area contributed by atoms with Gasteiger partial charge in [0.15, 0.2) is 6.10 Å². The van der Waals surface area contributed by atoms with E-state index < -0.39 is 6.10 Å². The molecule has 2 amide bonds. The van der Waals surface area contributed by atoms with Crippen molar-refractivity contribution in [3.63, 3.8) is 0 Å². The number of benzene rings is 3. The summed E-state index contributed by atoms with van der Waals surface area (Å²) in [6.45, 7) is 2.52. The molecule has 0 saturated carbocycles. The van der Waals surface area contributed by atoms with E-state index in [2.05, 4.69) is 5.32 Å². The van der Waals surface area contributed by atoms with Gasteiger partial charge in [-0.15, -0.1) is 0 Å². The lowest BCUT2D eigenvalue weighted by molar-refractivity contribution is -0.139. The van der Waals surface area contributed by atoms with E-state index >= 15 is 0 Å². The highest BCUT2D eigenvalue weighted by Crippen LogP contribution is 2.30. The van der Waals surface area contributed by atoms with E-state index in [0.717, 1.165) is 11.1 Å². The molecule has 1 heterocycles. The zero-order valence-corrected chi connectivity index (χ0v) is 18.2. The number of fused-ring (bicyclic) bond motifs is 1. The molecule has 0 aliphatic carbocycles. The maximum absolute atomic E-state index is 13.3. The fraction of sp³-hybridized carbons (Fsp3) is 0.200. The van der Waals surface area contributed by atoms with Crippen molar-refractivity contribution in [2.75, 3.05) is 5.32 Å². The lowest BCUT2D eigenvalue weighted by atomic mass is 10.1. The number of ether oxygens (including phenoxy) is 1. The minimum atomic E-state index is -0.611. The second kappa shape index (κ2) is 9.40. The van der Waals surface area contributed by atoms with Crippen LogP contribution in [0.25, 0.3) is 0 Å². The first-order chi connectivity index (χ1) is 15.4. The Hall–Kier alpha value is -3.38. The molecule has 0 fully saturated rings. The highest BCUT2D eigenvalue weighted by Gasteiger charge is 2.30. The Morgan fingerprint density at radius 2 is 1.91 bits per heavy atom. The molecule has 1 atom stereocenters. The molecule has 3 aromatic carbocycles. The second-order valence-corrected chi connectivity index (χ2v) is 8.00. The first kappa shape index (κ1) is 21.8. The van der Waals surface area contributed by atoms with Gasteiger partial charge in [0, 0.05) is 24.3 Å². The molecular weight excluding hydrogens is 431 g/mol. The van der Waals surface area contributed by atoms with E-state index in [4.69, 9.17) is 16.3 Å². The Balaban J connectivity index is 1.59. The molecular formula is C25H22ClFN2O3. The molecule has 7 heteroatoms. The van der Waals surface area contributed by atoms with Gasteiger partial charge in [0.1, 0.15) is 11.6 Å². The quantitative estimate of drug-likeness (QED) is 0.561. The third-order valence-electron chi connectivity index (χ3n) is 5.31. The first-order valence-electron chi connectivity index (χ1n) is 10.3. The summed E-state index contributed by atoms with van der Waals surface area (Å²) in [6, 6.07) is 18.2. The SMILES string of the molecule is CCC1Oc2ccc(NC(=O)c3ccccc3Cl)cc2CN(Cc2ccc(F)cc2)C1=O. The third kappa shape index (κ3) is 4.75. The number of hydrogen-bond acceptors (Lipinski definition) is 3. The van der Waals surface area contributed by atoms with Gasteiger partial charge in [-0.2, -0.15) is 0 Å². The van der Waals surface area contributed by atoms with Gasteiger partial charge in [-0.1, -0.05) is 42.8 Å². The largest absolute Gasteiger partial charge is 0.480 e. The molecule has 3 aromatic rings. The summed E-state index contributed by atoms with van der Waals surface area (Å²) in [5, 5.41) is 3.22. The molecule has 1 unspecified atom stereocenters. The fourth-order valence-corrected chi connectivity index (χ4v) is 3.85. The van der Waals surface area contributed by atoms with Crippen LogP contribution in [0.1, 0.15) is 34.8 Å². The Kier molecular flexibility index (Phi) is 6.42. The Morgan fingerprint density at radius 3 is 2.62 bits per heavy atom. The number of hydrogen-bond donors (Lipinski definition) is 1. The van der Waals surface area contributed by atoms with E-state index in [-0.39, 0.29) is 17.6 Å². The van der Waals surface area contributed by atoms with Crippen molar-refractivity contribution >= 4 is 29.1 Å². The van der Waals surface area contributed by atoms with Crippen molar-refractivity contribution in [2.24, 2.45) is 0 Å². The van der Waals surface area contributed by atoms with E-state index in [1.807, 2.05) is 6.92 Å². The Bertz CT molecular complexity index is 1150. The van der Waals surface area contributed by atoms with E-state index in [1.165, 1.54) is 12.1 Å². The monoisotopic (exact) mass is 452 g/mol. The zero-order chi connectivity index (χ0) is 22.7. The van der Waals surface area contributed by atoms with E-state index in [9.17, 15) is 14.0 Å². The van der Waals surface area contributed by atoms with Crippen molar-refractivity contribution in [1.82, 2.24) is 4.90 Å². The summed E-state index contributed by atoms with van der Waals surface area (Å²) in [6.07, 6.45) is -0.0938. The zero-order valence-electron chi connectivity index (χ0n) is 17.5. The summed E-state index contributed by atoms with van der Waals surface area (Å²) in [5.41, 5.74) is 2.54. The van der Waals surface area contributed by atoms with Crippen LogP contribution in [-0.2, 0) is 17.9 Å². The van der Waals surface area contributed by atoms with Crippen LogP contribution < -0.4 is 10.1 Å². The average Bonchev–Trinajstić information content (AvgIpc) is 2.91. The normalized spacial score (nSPS) is 15.5. The molecule has 32 heavy (non-hydrogen) atoms. The number of nitrogens with one attached hydrogen (secondary N) is 1. The van der Waals surface area contributed by atoms with Crippen molar-refractivity contribution < 1.29 is 18.7 Å². The number of amides is 2. The lowest BCUT2D eigenvalue weighted by Gasteiger charge is -2.23. The summed E-state index contributed by atoms with van der Waals surface area (Å²) < 4.78 is 19.3. The topological polar surface area (TPSA) is 58.6 Å². The number of rotatable bonds is 5. The van der Waals surface area contributed by atoms with Crippen molar-refractivity contribution in [2.45, 2.75) is 32.5 Å². The molecule has 0 bridgehead atoms. The molecule has 1 aliphatic rings. The standard InChI is InChI=1S/C25H22ClFN2O3/c1-2-22-25(31)29(14-16-7-9-18(27)10-8-16)15-17-13-19(11-12-23(17)32-22)28-24(30)20-5-3-4-6-21(20)26/h3-13,22H,2,14-15H2,1H3,(H,28,30). The van der Waals surface area contributed by atoms with Gasteiger partial charge in [-0.05, 0) is 54.4 Å². The highest BCUT2D eigenvalue weighted by atomic mass is 35.5. The summed E-state index contributed by atoms with van der Waals surface area (Å²) in [5.74, 6) is -0.178. The van der Waals surface area contributed by atoms with Crippen LogP contribution in [0.5, 0.6) is 5.75 Å². The van der Waals surface area contributed by atoms with Crippen LogP contribution in [0, 0.1) is 5.82 Å². The Labute approximate surface area is 190 Å².